The molecule has 1 fully saturated rings. The Kier molecular flexibility index (Phi) is 4.41. The number of morpholine rings is 1. The van der Waals surface area contributed by atoms with Crippen LogP contribution >= 0.6 is 0 Å². The molecule has 1 amide bonds. The lowest BCUT2D eigenvalue weighted by molar-refractivity contribution is -0.130. The second-order valence-electron chi connectivity index (χ2n) is 6.10. The van der Waals surface area contributed by atoms with Gasteiger partial charge in [0.05, 0.1) is 6.54 Å². The van der Waals surface area contributed by atoms with Gasteiger partial charge >= 0.3 is 0 Å². The highest BCUT2D eigenvalue weighted by Crippen LogP contribution is 2.25. The summed E-state index contributed by atoms with van der Waals surface area (Å²) in [6.45, 7) is 0.710. The number of phenols is 1. The van der Waals surface area contributed by atoms with E-state index in [4.69, 9.17) is 9.47 Å². The van der Waals surface area contributed by atoms with Crippen molar-refractivity contribution < 1.29 is 19.4 Å². The molecule has 1 atom stereocenters. The van der Waals surface area contributed by atoms with E-state index < -0.39 is 0 Å². The van der Waals surface area contributed by atoms with Crippen molar-refractivity contribution in [2.24, 2.45) is 0 Å². The topological polar surface area (TPSA) is 71.9 Å². The Hall–Kier alpha value is -3.12. The summed E-state index contributed by atoms with van der Waals surface area (Å²) in [5.74, 6) is 0.747. The minimum absolute atomic E-state index is 0.00267. The van der Waals surface area contributed by atoms with Crippen LogP contribution < -0.4 is 9.64 Å². The van der Waals surface area contributed by atoms with E-state index in [1.54, 1.807) is 35.4 Å². The van der Waals surface area contributed by atoms with Crippen LogP contribution in [0.1, 0.15) is 0 Å². The third-order valence-electron chi connectivity index (χ3n) is 4.31. The average molecular weight is 350 g/mol. The van der Waals surface area contributed by atoms with Gasteiger partial charge in [-0.3, -0.25) is 9.78 Å². The molecule has 132 valence electrons. The summed E-state index contributed by atoms with van der Waals surface area (Å²) in [7, 11) is 0. The van der Waals surface area contributed by atoms with E-state index in [2.05, 4.69) is 4.98 Å². The van der Waals surface area contributed by atoms with E-state index in [-0.39, 0.29) is 24.4 Å². The van der Waals surface area contributed by atoms with Crippen LogP contribution in [0, 0.1) is 0 Å². The highest BCUT2D eigenvalue weighted by atomic mass is 16.5. The van der Waals surface area contributed by atoms with E-state index in [9.17, 15) is 9.90 Å². The smallest absolute Gasteiger partial charge is 0.253 e. The van der Waals surface area contributed by atoms with Gasteiger partial charge in [-0.15, -0.1) is 0 Å². The van der Waals surface area contributed by atoms with Crippen molar-refractivity contribution in [1.82, 2.24) is 4.98 Å². The van der Waals surface area contributed by atoms with E-state index in [1.807, 2.05) is 30.3 Å². The Morgan fingerprint density at radius 2 is 1.96 bits per heavy atom. The number of hydrogen-bond donors (Lipinski definition) is 1. The maximum atomic E-state index is 12.2. The minimum Gasteiger partial charge on any atom is -0.508 e. The van der Waals surface area contributed by atoms with E-state index in [1.165, 1.54) is 0 Å². The maximum Gasteiger partial charge on any atom is 0.253 e. The van der Waals surface area contributed by atoms with Gasteiger partial charge in [-0.2, -0.15) is 0 Å². The Labute approximate surface area is 150 Å². The number of ether oxygens (including phenoxy) is 2. The van der Waals surface area contributed by atoms with Crippen LogP contribution in [0.5, 0.6) is 11.5 Å². The van der Waals surface area contributed by atoms with Crippen LogP contribution in [0.15, 0.2) is 60.8 Å². The summed E-state index contributed by atoms with van der Waals surface area (Å²) in [6.07, 6.45) is 1.48. The van der Waals surface area contributed by atoms with Gasteiger partial charge in [0, 0.05) is 17.3 Å². The van der Waals surface area contributed by atoms with Crippen molar-refractivity contribution in [2.45, 2.75) is 6.10 Å². The molecule has 4 rings (SSSR count). The predicted octanol–water partition coefficient (Wildman–Crippen LogP) is 2.75. The number of aromatic nitrogens is 1. The van der Waals surface area contributed by atoms with Gasteiger partial charge in [0.1, 0.15) is 36.3 Å². The first-order valence-corrected chi connectivity index (χ1v) is 8.38. The lowest BCUT2D eigenvalue weighted by atomic mass is 10.2. The number of amides is 1. The summed E-state index contributed by atoms with van der Waals surface area (Å²) in [4.78, 5) is 18.2. The number of anilines is 1. The lowest BCUT2D eigenvalue weighted by Crippen LogP contribution is -2.48. The first-order valence-electron chi connectivity index (χ1n) is 8.38. The van der Waals surface area contributed by atoms with Crippen molar-refractivity contribution >= 4 is 22.5 Å². The summed E-state index contributed by atoms with van der Waals surface area (Å²) >= 11 is 0. The molecule has 6 nitrogen and oxygen atoms in total. The van der Waals surface area contributed by atoms with Crippen molar-refractivity contribution in [2.75, 3.05) is 24.7 Å². The van der Waals surface area contributed by atoms with Crippen LogP contribution in [0.4, 0.5) is 5.69 Å². The van der Waals surface area contributed by atoms with E-state index in [0.29, 0.717) is 18.9 Å². The largest absolute Gasteiger partial charge is 0.508 e. The Balaban J connectivity index is 1.46. The number of carbonyl (C=O) groups is 1. The van der Waals surface area contributed by atoms with Gasteiger partial charge in [0.25, 0.3) is 5.91 Å². The molecule has 0 saturated carbocycles. The van der Waals surface area contributed by atoms with Gasteiger partial charge < -0.3 is 19.5 Å². The number of fused-ring (bicyclic) bond motifs is 1. The number of carbonyl (C=O) groups excluding carboxylic acids is 1. The molecule has 1 aliphatic rings. The number of hydrogen-bond acceptors (Lipinski definition) is 5. The highest BCUT2D eigenvalue weighted by Gasteiger charge is 2.28. The zero-order chi connectivity index (χ0) is 17.9. The summed E-state index contributed by atoms with van der Waals surface area (Å²) in [5.41, 5.74) is 1.53. The number of benzene rings is 2. The molecule has 1 saturated heterocycles. The van der Waals surface area contributed by atoms with Crippen molar-refractivity contribution in [3.8, 4) is 11.5 Å². The molecular formula is C20H18N2O4. The van der Waals surface area contributed by atoms with Crippen molar-refractivity contribution in [3.63, 3.8) is 0 Å². The highest BCUT2D eigenvalue weighted by molar-refractivity contribution is 5.95. The Morgan fingerprint density at radius 1 is 1.15 bits per heavy atom. The standard InChI is InChI=1S/C20H18N2O4/c23-16-8-6-15(7-9-16)22-11-17(25-13-19(22)24)12-26-18-5-1-3-14-4-2-10-21-20(14)18/h1-10,17,23H,11-13H2/t17-/m1/s1. The van der Waals surface area contributed by atoms with Gasteiger partial charge in [-0.25, -0.2) is 0 Å². The van der Waals surface area contributed by atoms with Crippen LogP contribution in [0.2, 0.25) is 0 Å². The number of rotatable bonds is 4. The van der Waals surface area contributed by atoms with Crippen LogP contribution in [-0.4, -0.2) is 41.9 Å². The van der Waals surface area contributed by atoms with Crippen LogP contribution in [0.3, 0.4) is 0 Å². The van der Waals surface area contributed by atoms with Crippen molar-refractivity contribution in [1.29, 1.82) is 0 Å². The predicted molar refractivity (Wildman–Crippen MR) is 97.4 cm³/mol. The number of nitrogens with zero attached hydrogens (tertiary/aromatic N) is 2. The Morgan fingerprint density at radius 3 is 2.81 bits per heavy atom. The molecule has 1 aromatic heterocycles. The fourth-order valence-electron chi connectivity index (χ4n) is 2.98. The average Bonchev–Trinajstić information content (AvgIpc) is 2.68. The third kappa shape index (κ3) is 3.32. The summed E-state index contributed by atoms with van der Waals surface area (Å²) in [6, 6.07) is 16.2. The molecule has 0 radical (unpaired) electrons. The quantitative estimate of drug-likeness (QED) is 0.783. The van der Waals surface area contributed by atoms with Gasteiger partial charge in [-0.05, 0) is 36.4 Å². The normalized spacial score (nSPS) is 17.5. The monoisotopic (exact) mass is 350 g/mol. The fourth-order valence-corrected chi connectivity index (χ4v) is 2.98. The SMILES string of the molecule is O=C1CO[C@@H](COc2cccc3cccnc23)CN1c1ccc(O)cc1. The molecule has 2 aromatic carbocycles. The van der Waals surface area contributed by atoms with E-state index >= 15 is 0 Å². The first kappa shape index (κ1) is 16.4. The summed E-state index contributed by atoms with van der Waals surface area (Å²) < 4.78 is 11.5. The lowest BCUT2D eigenvalue weighted by Gasteiger charge is -2.32. The molecule has 1 aliphatic heterocycles. The fraction of sp³-hybridized carbons (Fsp3) is 0.200. The van der Waals surface area contributed by atoms with Gasteiger partial charge in [0.15, 0.2) is 0 Å². The molecule has 0 spiro atoms. The Bertz CT molecular complexity index is 921. The zero-order valence-electron chi connectivity index (χ0n) is 14.0. The summed E-state index contributed by atoms with van der Waals surface area (Å²) in [5, 5.41) is 10.4. The maximum absolute atomic E-state index is 12.2. The molecule has 26 heavy (non-hydrogen) atoms. The second kappa shape index (κ2) is 7.01. The van der Waals surface area contributed by atoms with Crippen LogP contribution in [0.25, 0.3) is 10.9 Å². The number of para-hydroxylation sites is 1. The minimum atomic E-state index is -0.250. The van der Waals surface area contributed by atoms with Crippen molar-refractivity contribution in [3.05, 3.63) is 60.8 Å². The van der Waals surface area contributed by atoms with Gasteiger partial charge in [-0.1, -0.05) is 18.2 Å². The molecule has 3 aromatic rings. The van der Waals surface area contributed by atoms with Crippen LogP contribution in [-0.2, 0) is 9.53 Å². The molecule has 0 bridgehead atoms. The van der Waals surface area contributed by atoms with Gasteiger partial charge in [0.2, 0.25) is 0 Å². The molecule has 0 unspecified atom stereocenters. The number of aromatic hydroxyl groups is 1. The third-order valence-corrected chi connectivity index (χ3v) is 4.31. The molecule has 6 heteroatoms. The van der Waals surface area contributed by atoms with E-state index in [0.717, 1.165) is 16.6 Å². The number of pyridine rings is 1. The molecule has 1 N–H and O–H groups in total. The molecule has 2 heterocycles. The molecular weight excluding hydrogens is 332 g/mol. The second-order valence-corrected chi connectivity index (χ2v) is 6.10. The molecule has 0 aliphatic carbocycles. The number of phenolic OH excluding ortho intramolecular Hbond substituents is 1. The zero-order valence-corrected chi connectivity index (χ0v) is 14.0. The first-order chi connectivity index (χ1) is 12.7.